The molecule has 0 radical (unpaired) electrons. The van der Waals surface area contributed by atoms with Crippen LogP contribution in [0.3, 0.4) is 0 Å². The van der Waals surface area contributed by atoms with Crippen molar-refractivity contribution >= 4 is 0 Å². The lowest BCUT2D eigenvalue weighted by Gasteiger charge is -2.43. The van der Waals surface area contributed by atoms with Gasteiger partial charge in [0, 0.05) is 46.9 Å². The van der Waals surface area contributed by atoms with E-state index in [0.717, 1.165) is 32.4 Å². The fourth-order valence-corrected chi connectivity index (χ4v) is 2.63. The minimum Gasteiger partial charge on any atom is -0.377 e. The quantitative estimate of drug-likeness (QED) is 0.687. The molecule has 0 bridgehead atoms. The molecule has 5 heteroatoms. The number of nitrogens with two attached hydrogens (primary N) is 1. The van der Waals surface area contributed by atoms with E-state index < -0.39 is 0 Å². The molecule has 0 aromatic rings. The molecule has 5 nitrogen and oxygen atoms in total. The molecule has 1 aliphatic heterocycles. The molecule has 0 amide bonds. The van der Waals surface area contributed by atoms with Crippen LogP contribution in [-0.2, 0) is 14.2 Å². The van der Waals surface area contributed by atoms with E-state index in [-0.39, 0.29) is 17.9 Å². The van der Waals surface area contributed by atoms with Crippen LogP contribution in [0.15, 0.2) is 0 Å². The Hall–Kier alpha value is -0.200. The van der Waals surface area contributed by atoms with Gasteiger partial charge in [0.2, 0.25) is 0 Å². The van der Waals surface area contributed by atoms with Crippen molar-refractivity contribution in [2.45, 2.75) is 44.1 Å². The third kappa shape index (κ3) is 4.17. The van der Waals surface area contributed by atoms with Gasteiger partial charge in [0.25, 0.3) is 0 Å². The summed E-state index contributed by atoms with van der Waals surface area (Å²) >= 11 is 0. The summed E-state index contributed by atoms with van der Waals surface area (Å²) in [6.07, 6.45) is 2.86. The second-order valence-corrected chi connectivity index (χ2v) is 5.25. The third-order valence-corrected chi connectivity index (χ3v) is 3.96. The SMILES string of the molecule is COC(CC(CN)N1CCCC(C)(OC)C1)OC. The number of likely N-dealkylation sites (tertiary alicyclic amines) is 1. The van der Waals surface area contributed by atoms with Gasteiger partial charge in [-0.15, -0.1) is 0 Å². The van der Waals surface area contributed by atoms with Crippen molar-refractivity contribution in [1.82, 2.24) is 4.90 Å². The molecule has 0 aromatic heterocycles. The van der Waals surface area contributed by atoms with Crippen molar-refractivity contribution in [2.75, 3.05) is 41.0 Å². The highest BCUT2D eigenvalue weighted by Gasteiger charge is 2.34. The largest absolute Gasteiger partial charge is 0.377 e. The highest BCUT2D eigenvalue weighted by Crippen LogP contribution is 2.26. The average Bonchev–Trinajstić information content (AvgIpc) is 2.40. The molecule has 1 saturated heterocycles. The Bertz CT molecular complexity index is 236. The van der Waals surface area contributed by atoms with E-state index in [1.165, 1.54) is 0 Å². The van der Waals surface area contributed by atoms with Crippen molar-refractivity contribution in [3.05, 3.63) is 0 Å². The van der Waals surface area contributed by atoms with Crippen LogP contribution in [0, 0.1) is 0 Å². The zero-order valence-electron chi connectivity index (χ0n) is 12.1. The standard InChI is InChI=1S/C13H28N2O3/c1-13(18-4)6-5-7-15(10-13)11(9-14)8-12(16-2)17-3/h11-12H,5-10,14H2,1-4H3. The molecule has 1 heterocycles. The summed E-state index contributed by atoms with van der Waals surface area (Å²) in [6.45, 7) is 4.77. The highest BCUT2D eigenvalue weighted by molar-refractivity contribution is 4.88. The number of nitrogens with zero attached hydrogens (tertiary/aromatic N) is 1. The van der Waals surface area contributed by atoms with E-state index in [2.05, 4.69) is 11.8 Å². The summed E-state index contributed by atoms with van der Waals surface area (Å²) < 4.78 is 16.1. The molecule has 2 atom stereocenters. The zero-order chi connectivity index (χ0) is 13.6. The number of hydrogen-bond acceptors (Lipinski definition) is 5. The van der Waals surface area contributed by atoms with Gasteiger partial charge in [-0.25, -0.2) is 0 Å². The van der Waals surface area contributed by atoms with E-state index >= 15 is 0 Å². The van der Waals surface area contributed by atoms with Crippen LogP contribution in [-0.4, -0.2) is 63.8 Å². The average molecular weight is 260 g/mol. The Kier molecular flexibility index (Phi) is 6.52. The summed E-state index contributed by atoms with van der Waals surface area (Å²) in [5.41, 5.74) is 5.84. The van der Waals surface area contributed by atoms with Gasteiger partial charge in [-0.2, -0.15) is 0 Å². The highest BCUT2D eigenvalue weighted by atomic mass is 16.7. The molecule has 18 heavy (non-hydrogen) atoms. The molecule has 1 aliphatic rings. The van der Waals surface area contributed by atoms with Crippen molar-refractivity contribution in [3.63, 3.8) is 0 Å². The van der Waals surface area contributed by atoms with Gasteiger partial charge in [-0.3, -0.25) is 4.90 Å². The lowest BCUT2D eigenvalue weighted by atomic mass is 9.93. The van der Waals surface area contributed by atoms with E-state index in [9.17, 15) is 0 Å². The molecule has 108 valence electrons. The van der Waals surface area contributed by atoms with Crippen molar-refractivity contribution in [2.24, 2.45) is 5.73 Å². The van der Waals surface area contributed by atoms with Crippen LogP contribution in [0.1, 0.15) is 26.2 Å². The maximum atomic E-state index is 5.90. The predicted octanol–water partition coefficient (Wildman–Crippen LogP) is 0.824. The fourth-order valence-electron chi connectivity index (χ4n) is 2.63. The Labute approximate surface area is 111 Å². The fraction of sp³-hybridized carbons (Fsp3) is 1.00. The smallest absolute Gasteiger partial charge is 0.158 e. The molecule has 2 unspecified atom stereocenters. The Morgan fingerprint density at radius 2 is 1.94 bits per heavy atom. The van der Waals surface area contributed by atoms with E-state index in [1.54, 1.807) is 21.3 Å². The van der Waals surface area contributed by atoms with Crippen molar-refractivity contribution in [3.8, 4) is 0 Å². The lowest BCUT2D eigenvalue weighted by Crippen LogP contribution is -2.54. The first kappa shape index (κ1) is 15.9. The number of piperidine rings is 1. The molecule has 2 N–H and O–H groups in total. The Balaban J connectivity index is 2.58. The van der Waals surface area contributed by atoms with E-state index in [4.69, 9.17) is 19.9 Å². The molecule has 1 rings (SSSR count). The van der Waals surface area contributed by atoms with Gasteiger partial charge in [-0.05, 0) is 26.3 Å². The minimum atomic E-state index is -0.186. The van der Waals surface area contributed by atoms with Crippen LogP contribution in [0.4, 0.5) is 0 Å². The normalized spacial score (nSPS) is 27.7. The molecule has 0 aliphatic carbocycles. The molecule has 0 aromatic carbocycles. The number of rotatable bonds is 7. The molecular formula is C13H28N2O3. The number of hydrogen-bond donors (Lipinski definition) is 1. The maximum absolute atomic E-state index is 5.90. The van der Waals surface area contributed by atoms with Gasteiger partial charge in [0.15, 0.2) is 6.29 Å². The summed E-state index contributed by atoms with van der Waals surface area (Å²) in [5.74, 6) is 0. The Morgan fingerprint density at radius 3 is 2.44 bits per heavy atom. The zero-order valence-corrected chi connectivity index (χ0v) is 12.1. The van der Waals surface area contributed by atoms with Crippen molar-refractivity contribution in [1.29, 1.82) is 0 Å². The molecule has 1 fully saturated rings. The first-order valence-electron chi connectivity index (χ1n) is 6.63. The van der Waals surface area contributed by atoms with Crippen LogP contribution in [0.2, 0.25) is 0 Å². The van der Waals surface area contributed by atoms with Crippen molar-refractivity contribution < 1.29 is 14.2 Å². The second kappa shape index (κ2) is 7.40. The minimum absolute atomic E-state index is 0.0543. The van der Waals surface area contributed by atoms with Crippen LogP contribution in [0.5, 0.6) is 0 Å². The first-order valence-corrected chi connectivity index (χ1v) is 6.63. The Morgan fingerprint density at radius 1 is 1.28 bits per heavy atom. The first-order chi connectivity index (χ1) is 8.58. The van der Waals surface area contributed by atoms with Crippen LogP contribution < -0.4 is 5.73 Å². The van der Waals surface area contributed by atoms with Gasteiger partial charge in [0.05, 0.1) is 5.60 Å². The summed E-state index contributed by atoms with van der Waals surface area (Å²) in [4.78, 5) is 2.40. The third-order valence-electron chi connectivity index (χ3n) is 3.96. The van der Waals surface area contributed by atoms with E-state index in [1.807, 2.05) is 0 Å². The summed E-state index contributed by atoms with van der Waals surface area (Å²) in [5, 5.41) is 0. The molecular weight excluding hydrogens is 232 g/mol. The number of methoxy groups -OCH3 is 3. The van der Waals surface area contributed by atoms with Gasteiger partial charge in [-0.1, -0.05) is 0 Å². The second-order valence-electron chi connectivity index (χ2n) is 5.25. The van der Waals surface area contributed by atoms with Gasteiger partial charge >= 0.3 is 0 Å². The van der Waals surface area contributed by atoms with Crippen LogP contribution in [0.25, 0.3) is 0 Å². The molecule has 0 spiro atoms. The van der Waals surface area contributed by atoms with Gasteiger partial charge in [0.1, 0.15) is 0 Å². The lowest BCUT2D eigenvalue weighted by molar-refractivity contribution is -0.124. The van der Waals surface area contributed by atoms with E-state index in [0.29, 0.717) is 6.54 Å². The topological polar surface area (TPSA) is 57.0 Å². The predicted molar refractivity (Wildman–Crippen MR) is 71.5 cm³/mol. The van der Waals surface area contributed by atoms with Gasteiger partial charge < -0.3 is 19.9 Å². The molecule has 0 saturated carbocycles. The summed E-state index contributed by atoms with van der Waals surface area (Å²) in [7, 11) is 5.11. The number of ether oxygens (including phenoxy) is 3. The van der Waals surface area contributed by atoms with Crippen LogP contribution >= 0.6 is 0 Å². The summed E-state index contributed by atoms with van der Waals surface area (Å²) in [6, 6.07) is 0.282. The monoisotopic (exact) mass is 260 g/mol. The maximum Gasteiger partial charge on any atom is 0.158 e.